The molecule has 0 bridgehead atoms. The van der Waals surface area contributed by atoms with Crippen LogP contribution in [-0.2, 0) is 10.0 Å². The number of amides is 1. The van der Waals surface area contributed by atoms with Gasteiger partial charge >= 0.3 is 0 Å². The first-order valence-electron chi connectivity index (χ1n) is 9.66. The predicted octanol–water partition coefficient (Wildman–Crippen LogP) is 3.90. The van der Waals surface area contributed by atoms with Crippen LogP contribution in [0.3, 0.4) is 0 Å². The minimum Gasteiger partial charge on any atom is -0.491 e. The Morgan fingerprint density at radius 1 is 1.07 bits per heavy atom. The van der Waals surface area contributed by atoms with Crippen LogP contribution in [0.1, 0.15) is 43.0 Å². The lowest BCUT2D eigenvalue weighted by molar-refractivity contribution is 0.102. The van der Waals surface area contributed by atoms with Crippen LogP contribution in [0.5, 0.6) is 5.75 Å². The molecule has 0 radical (unpaired) electrons. The van der Waals surface area contributed by atoms with Crippen LogP contribution in [0.25, 0.3) is 0 Å². The van der Waals surface area contributed by atoms with E-state index in [1.54, 1.807) is 30.3 Å². The van der Waals surface area contributed by atoms with E-state index in [1.165, 1.54) is 10.4 Å². The third-order valence-corrected chi connectivity index (χ3v) is 6.54. The van der Waals surface area contributed by atoms with Crippen LogP contribution in [0, 0.1) is 0 Å². The standard InChI is InChI=1S/C21H26N2O4S/c1-2-15-27-20-12-5-4-11-19(20)22-21(24)17-9-8-10-18(16-17)28(25,26)23-13-6-3-7-14-23/h4-5,8-12,16H,2-3,6-7,13-15H2,1H3,(H,22,24). The van der Waals surface area contributed by atoms with Crippen LogP contribution < -0.4 is 10.1 Å². The fraction of sp³-hybridized carbons (Fsp3) is 0.381. The van der Waals surface area contributed by atoms with Crippen LogP contribution in [0.4, 0.5) is 5.69 Å². The molecule has 0 saturated carbocycles. The molecule has 0 aliphatic carbocycles. The second-order valence-corrected chi connectivity index (χ2v) is 8.73. The topological polar surface area (TPSA) is 75.7 Å². The Bertz CT molecular complexity index is 922. The highest BCUT2D eigenvalue weighted by atomic mass is 32.2. The largest absolute Gasteiger partial charge is 0.491 e. The maximum absolute atomic E-state index is 12.9. The average Bonchev–Trinajstić information content (AvgIpc) is 2.74. The zero-order valence-corrected chi connectivity index (χ0v) is 16.9. The highest BCUT2D eigenvalue weighted by Gasteiger charge is 2.26. The van der Waals surface area contributed by atoms with Crippen molar-refractivity contribution < 1.29 is 17.9 Å². The molecule has 28 heavy (non-hydrogen) atoms. The van der Waals surface area contributed by atoms with Crippen molar-refractivity contribution in [3.8, 4) is 5.75 Å². The van der Waals surface area contributed by atoms with Crippen molar-refractivity contribution in [1.82, 2.24) is 4.31 Å². The molecule has 1 N–H and O–H groups in total. The van der Waals surface area contributed by atoms with E-state index in [0.29, 0.717) is 36.7 Å². The number of rotatable bonds is 7. The first kappa shape index (κ1) is 20.4. The van der Waals surface area contributed by atoms with E-state index in [4.69, 9.17) is 4.74 Å². The van der Waals surface area contributed by atoms with Crippen LogP contribution in [-0.4, -0.2) is 38.3 Å². The monoisotopic (exact) mass is 402 g/mol. The molecule has 0 spiro atoms. The summed E-state index contributed by atoms with van der Waals surface area (Å²) in [7, 11) is -3.58. The first-order valence-corrected chi connectivity index (χ1v) is 11.1. The van der Waals surface area contributed by atoms with Crippen molar-refractivity contribution >= 4 is 21.6 Å². The normalized spacial score (nSPS) is 15.2. The molecule has 1 aliphatic rings. The number of anilines is 1. The fourth-order valence-corrected chi connectivity index (χ4v) is 4.72. The van der Waals surface area contributed by atoms with E-state index in [1.807, 2.05) is 19.1 Å². The molecule has 6 nitrogen and oxygen atoms in total. The van der Waals surface area contributed by atoms with Crippen LogP contribution in [0.15, 0.2) is 53.4 Å². The summed E-state index contributed by atoms with van der Waals surface area (Å²) < 4.78 is 32.9. The van der Waals surface area contributed by atoms with Gasteiger partial charge in [0.2, 0.25) is 10.0 Å². The zero-order valence-electron chi connectivity index (χ0n) is 16.1. The first-order chi connectivity index (χ1) is 13.5. The Kier molecular flexibility index (Phi) is 6.70. The lowest BCUT2D eigenvalue weighted by Gasteiger charge is -2.26. The van der Waals surface area contributed by atoms with Crippen molar-refractivity contribution in [3.63, 3.8) is 0 Å². The van der Waals surface area contributed by atoms with Gasteiger partial charge in [-0.25, -0.2) is 8.42 Å². The Balaban J connectivity index is 1.80. The minimum atomic E-state index is -3.58. The molecule has 1 fully saturated rings. The van der Waals surface area contributed by atoms with Crippen molar-refractivity contribution in [2.75, 3.05) is 25.0 Å². The van der Waals surface area contributed by atoms with E-state index >= 15 is 0 Å². The van der Waals surface area contributed by atoms with E-state index in [0.717, 1.165) is 25.7 Å². The number of nitrogens with zero attached hydrogens (tertiary/aromatic N) is 1. The van der Waals surface area contributed by atoms with Crippen molar-refractivity contribution in [2.24, 2.45) is 0 Å². The molecule has 1 saturated heterocycles. The van der Waals surface area contributed by atoms with E-state index in [-0.39, 0.29) is 10.8 Å². The van der Waals surface area contributed by atoms with Crippen LogP contribution >= 0.6 is 0 Å². The van der Waals surface area contributed by atoms with Crippen LogP contribution in [0.2, 0.25) is 0 Å². The Morgan fingerprint density at radius 3 is 2.57 bits per heavy atom. The highest BCUT2D eigenvalue weighted by Crippen LogP contribution is 2.25. The predicted molar refractivity (Wildman–Crippen MR) is 109 cm³/mol. The number of para-hydroxylation sites is 2. The Labute approximate surface area is 166 Å². The average molecular weight is 403 g/mol. The van der Waals surface area contributed by atoms with Crippen molar-refractivity contribution in [3.05, 3.63) is 54.1 Å². The lowest BCUT2D eigenvalue weighted by Crippen LogP contribution is -2.35. The molecule has 2 aromatic rings. The maximum Gasteiger partial charge on any atom is 0.255 e. The van der Waals surface area contributed by atoms with E-state index in [9.17, 15) is 13.2 Å². The molecule has 1 aliphatic heterocycles. The summed E-state index contributed by atoms with van der Waals surface area (Å²) >= 11 is 0. The summed E-state index contributed by atoms with van der Waals surface area (Å²) in [6.07, 6.45) is 3.65. The van der Waals surface area contributed by atoms with Crippen molar-refractivity contribution in [2.45, 2.75) is 37.5 Å². The summed E-state index contributed by atoms with van der Waals surface area (Å²) in [4.78, 5) is 12.9. The molecule has 1 heterocycles. The van der Waals surface area contributed by atoms with Gasteiger partial charge in [0.05, 0.1) is 17.2 Å². The SMILES string of the molecule is CCCOc1ccccc1NC(=O)c1cccc(S(=O)(=O)N2CCCCC2)c1. The molecular weight excluding hydrogens is 376 g/mol. The molecule has 0 atom stereocenters. The van der Waals surface area contributed by atoms with Gasteiger partial charge in [0.25, 0.3) is 5.91 Å². The number of hydrogen-bond acceptors (Lipinski definition) is 4. The molecular formula is C21H26N2O4S. The third kappa shape index (κ3) is 4.72. The number of sulfonamides is 1. The summed E-state index contributed by atoms with van der Waals surface area (Å²) in [6.45, 7) is 3.62. The maximum atomic E-state index is 12.9. The number of carbonyl (C=O) groups is 1. The van der Waals surface area contributed by atoms with Gasteiger partial charge in [-0.3, -0.25) is 4.79 Å². The molecule has 2 aromatic carbocycles. The lowest BCUT2D eigenvalue weighted by atomic mass is 10.2. The molecule has 7 heteroatoms. The van der Waals surface area contributed by atoms with Gasteiger partial charge in [0.15, 0.2) is 0 Å². The van der Waals surface area contributed by atoms with Gasteiger partial charge in [0, 0.05) is 18.7 Å². The number of carbonyl (C=O) groups excluding carboxylic acids is 1. The summed E-state index contributed by atoms with van der Waals surface area (Å²) in [5.41, 5.74) is 0.855. The van der Waals surface area contributed by atoms with E-state index in [2.05, 4.69) is 5.32 Å². The van der Waals surface area contributed by atoms with E-state index < -0.39 is 10.0 Å². The van der Waals surface area contributed by atoms with Gasteiger partial charge in [-0.05, 0) is 49.6 Å². The fourth-order valence-electron chi connectivity index (χ4n) is 3.15. The minimum absolute atomic E-state index is 0.151. The molecule has 0 unspecified atom stereocenters. The number of ether oxygens (including phenoxy) is 1. The molecule has 0 aromatic heterocycles. The molecule has 1 amide bonds. The van der Waals surface area contributed by atoms with Gasteiger partial charge in [-0.2, -0.15) is 4.31 Å². The second kappa shape index (κ2) is 9.21. The number of nitrogens with one attached hydrogen (secondary N) is 1. The number of hydrogen-bond donors (Lipinski definition) is 1. The Hall–Kier alpha value is -2.38. The Morgan fingerprint density at radius 2 is 1.82 bits per heavy atom. The van der Waals surface area contributed by atoms with Gasteiger partial charge in [0.1, 0.15) is 5.75 Å². The summed E-state index contributed by atoms with van der Waals surface area (Å²) in [5, 5.41) is 2.82. The third-order valence-electron chi connectivity index (χ3n) is 4.65. The number of benzene rings is 2. The number of piperidine rings is 1. The van der Waals surface area contributed by atoms with Gasteiger partial charge in [-0.1, -0.05) is 31.5 Å². The summed E-state index contributed by atoms with van der Waals surface area (Å²) in [5.74, 6) is 0.220. The highest BCUT2D eigenvalue weighted by molar-refractivity contribution is 7.89. The zero-order chi connectivity index (χ0) is 20.0. The molecule has 150 valence electrons. The smallest absolute Gasteiger partial charge is 0.255 e. The quantitative estimate of drug-likeness (QED) is 0.762. The molecule has 3 rings (SSSR count). The summed E-state index contributed by atoms with van der Waals surface area (Å²) in [6, 6.07) is 13.4. The second-order valence-electron chi connectivity index (χ2n) is 6.79. The van der Waals surface area contributed by atoms with Gasteiger partial charge < -0.3 is 10.1 Å². The van der Waals surface area contributed by atoms with Crippen molar-refractivity contribution in [1.29, 1.82) is 0 Å². The van der Waals surface area contributed by atoms with Gasteiger partial charge in [-0.15, -0.1) is 0 Å².